The Morgan fingerprint density at radius 1 is 1.15 bits per heavy atom. The number of halogens is 1. The van der Waals surface area contributed by atoms with Gasteiger partial charge < -0.3 is 16.4 Å². The van der Waals surface area contributed by atoms with E-state index in [9.17, 15) is 9.59 Å². The largest absolute Gasteiger partial charge is 0.349 e. The highest BCUT2D eigenvalue weighted by Crippen LogP contribution is 2.21. The van der Waals surface area contributed by atoms with E-state index in [-0.39, 0.29) is 24.2 Å². The van der Waals surface area contributed by atoms with E-state index >= 15 is 0 Å². The number of nitrogens with one attached hydrogen (secondary N) is 2. The van der Waals surface area contributed by atoms with Crippen LogP contribution in [0.2, 0.25) is 0 Å². The van der Waals surface area contributed by atoms with Crippen molar-refractivity contribution in [1.82, 2.24) is 5.32 Å². The van der Waals surface area contributed by atoms with E-state index in [1.54, 1.807) is 12.1 Å². The minimum Gasteiger partial charge on any atom is -0.349 e. The summed E-state index contributed by atoms with van der Waals surface area (Å²) in [6.45, 7) is 1.89. The molecule has 1 fully saturated rings. The molecular formula is C20H24ClN3O2. The molecule has 0 aliphatic heterocycles. The molecule has 1 saturated carbocycles. The monoisotopic (exact) mass is 373 g/mol. The van der Waals surface area contributed by atoms with Gasteiger partial charge in [-0.25, -0.2) is 0 Å². The van der Waals surface area contributed by atoms with Crippen molar-refractivity contribution in [1.29, 1.82) is 0 Å². The topological polar surface area (TPSA) is 84.2 Å². The molecule has 0 saturated heterocycles. The van der Waals surface area contributed by atoms with Crippen molar-refractivity contribution in [3.63, 3.8) is 0 Å². The normalized spacial score (nSPS) is 14.1. The number of carbonyl (C=O) groups is 2. The third kappa shape index (κ3) is 5.31. The van der Waals surface area contributed by atoms with Crippen molar-refractivity contribution in [2.45, 2.75) is 38.3 Å². The van der Waals surface area contributed by atoms with Crippen LogP contribution in [0.1, 0.15) is 34.3 Å². The van der Waals surface area contributed by atoms with Crippen molar-refractivity contribution in [3.8, 4) is 0 Å². The average Bonchev–Trinajstić information content (AvgIpc) is 3.41. The molecule has 0 aromatic heterocycles. The number of amides is 2. The summed E-state index contributed by atoms with van der Waals surface area (Å²) in [5.74, 6) is -0.363. The van der Waals surface area contributed by atoms with Crippen LogP contribution >= 0.6 is 12.4 Å². The zero-order valence-corrected chi connectivity index (χ0v) is 15.5. The second-order valence-corrected chi connectivity index (χ2v) is 6.56. The molecule has 3 rings (SSSR count). The van der Waals surface area contributed by atoms with Gasteiger partial charge in [0.25, 0.3) is 5.91 Å². The molecule has 6 heteroatoms. The van der Waals surface area contributed by atoms with Crippen molar-refractivity contribution in [3.05, 3.63) is 65.2 Å². The van der Waals surface area contributed by atoms with Crippen LogP contribution in [0.15, 0.2) is 48.5 Å². The maximum absolute atomic E-state index is 12.4. The molecule has 0 bridgehead atoms. The second kappa shape index (κ2) is 8.83. The lowest BCUT2D eigenvalue weighted by atomic mass is 10.1. The Hall–Kier alpha value is -2.37. The van der Waals surface area contributed by atoms with Crippen LogP contribution in [0.25, 0.3) is 0 Å². The standard InChI is InChI=1S/C20H23N3O2.ClH/c1-13-7-8-15(19(24)22-16-9-10-16)12-18(13)23-20(25)17(21)11-14-5-3-2-4-6-14;/h2-8,12,16-17H,9-11,21H2,1H3,(H,22,24)(H,23,25);1H/t17-;/m0./s1. The van der Waals surface area contributed by atoms with Gasteiger partial charge in [0.1, 0.15) is 0 Å². The molecule has 2 amide bonds. The van der Waals surface area contributed by atoms with Crippen LogP contribution in [0.3, 0.4) is 0 Å². The van der Waals surface area contributed by atoms with E-state index in [2.05, 4.69) is 10.6 Å². The lowest BCUT2D eigenvalue weighted by Gasteiger charge is -2.15. The Labute approximate surface area is 159 Å². The van der Waals surface area contributed by atoms with E-state index in [4.69, 9.17) is 5.73 Å². The summed E-state index contributed by atoms with van der Waals surface area (Å²) in [5.41, 5.74) is 9.10. The maximum atomic E-state index is 12.4. The van der Waals surface area contributed by atoms with Crippen molar-refractivity contribution in [2.24, 2.45) is 5.73 Å². The first-order chi connectivity index (χ1) is 12.0. The molecule has 2 aromatic carbocycles. The van der Waals surface area contributed by atoms with Crippen LogP contribution in [0.5, 0.6) is 0 Å². The van der Waals surface area contributed by atoms with Gasteiger partial charge >= 0.3 is 0 Å². The van der Waals surface area contributed by atoms with Crippen LogP contribution < -0.4 is 16.4 Å². The van der Waals surface area contributed by atoms with Gasteiger partial charge in [-0.3, -0.25) is 9.59 Å². The summed E-state index contributed by atoms with van der Waals surface area (Å²) < 4.78 is 0. The number of benzene rings is 2. The van der Waals surface area contributed by atoms with Crippen LogP contribution in [-0.4, -0.2) is 23.9 Å². The zero-order chi connectivity index (χ0) is 17.8. The van der Waals surface area contributed by atoms with Crippen molar-refractivity contribution < 1.29 is 9.59 Å². The first-order valence-electron chi connectivity index (χ1n) is 8.55. The number of hydrogen-bond donors (Lipinski definition) is 3. The Bertz CT molecular complexity index is 776. The molecular weight excluding hydrogens is 350 g/mol. The summed E-state index contributed by atoms with van der Waals surface area (Å²) in [6, 6.07) is 14.6. The summed E-state index contributed by atoms with van der Waals surface area (Å²) in [4.78, 5) is 24.6. The highest BCUT2D eigenvalue weighted by atomic mass is 35.5. The van der Waals surface area contributed by atoms with E-state index in [0.29, 0.717) is 23.7 Å². The van der Waals surface area contributed by atoms with Crippen LogP contribution in [-0.2, 0) is 11.2 Å². The number of hydrogen-bond acceptors (Lipinski definition) is 3. The summed E-state index contributed by atoms with van der Waals surface area (Å²) in [6.07, 6.45) is 2.54. The summed E-state index contributed by atoms with van der Waals surface area (Å²) >= 11 is 0. The lowest BCUT2D eigenvalue weighted by Crippen LogP contribution is -2.37. The van der Waals surface area contributed by atoms with E-state index in [1.807, 2.05) is 43.3 Å². The number of aryl methyl sites for hydroxylation is 1. The molecule has 1 atom stereocenters. The fraction of sp³-hybridized carbons (Fsp3) is 0.300. The summed E-state index contributed by atoms with van der Waals surface area (Å²) in [5, 5.41) is 5.80. The molecule has 0 spiro atoms. The molecule has 1 aliphatic rings. The van der Waals surface area contributed by atoms with Crippen molar-refractivity contribution in [2.75, 3.05) is 5.32 Å². The van der Waals surface area contributed by atoms with Crippen LogP contribution in [0, 0.1) is 6.92 Å². The van der Waals surface area contributed by atoms with Gasteiger partial charge in [0.2, 0.25) is 5.91 Å². The molecule has 0 radical (unpaired) electrons. The molecule has 4 N–H and O–H groups in total. The Morgan fingerprint density at radius 3 is 2.50 bits per heavy atom. The minimum atomic E-state index is -0.647. The van der Waals surface area contributed by atoms with Gasteiger partial charge in [-0.05, 0) is 49.4 Å². The molecule has 26 heavy (non-hydrogen) atoms. The third-order valence-electron chi connectivity index (χ3n) is 4.31. The van der Waals surface area contributed by atoms with Crippen molar-refractivity contribution >= 4 is 29.9 Å². The smallest absolute Gasteiger partial charge is 0.251 e. The SMILES string of the molecule is Cc1ccc(C(=O)NC2CC2)cc1NC(=O)[C@@H](N)Cc1ccccc1.Cl. The van der Waals surface area contributed by atoms with Gasteiger partial charge in [0.05, 0.1) is 6.04 Å². The number of rotatable bonds is 6. The Kier molecular flexibility index (Phi) is 6.77. The van der Waals surface area contributed by atoms with Gasteiger partial charge in [-0.1, -0.05) is 36.4 Å². The number of anilines is 1. The highest BCUT2D eigenvalue weighted by Gasteiger charge is 2.24. The minimum absolute atomic E-state index is 0. The fourth-order valence-electron chi connectivity index (χ4n) is 2.58. The second-order valence-electron chi connectivity index (χ2n) is 6.56. The third-order valence-corrected chi connectivity index (χ3v) is 4.31. The van der Waals surface area contributed by atoms with Gasteiger partial charge in [0, 0.05) is 17.3 Å². The van der Waals surface area contributed by atoms with E-state index < -0.39 is 6.04 Å². The average molecular weight is 374 g/mol. The molecule has 0 heterocycles. The molecule has 5 nitrogen and oxygen atoms in total. The van der Waals surface area contributed by atoms with Crippen LogP contribution in [0.4, 0.5) is 5.69 Å². The molecule has 1 aliphatic carbocycles. The molecule has 138 valence electrons. The first kappa shape index (κ1) is 19.9. The van der Waals surface area contributed by atoms with Gasteiger partial charge in [0.15, 0.2) is 0 Å². The summed E-state index contributed by atoms with van der Waals surface area (Å²) in [7, 11) is 0. The molecule has 2 aromatic rings. The molecule has 0 unspecified atom stereocenters. The Balaban J connectivity index is 0.00000243. The highest BCUT2D eigenvalue weighted by molar-refractivity contribution is 5.99. The number of carbonyl (C=O) groups excluding carboxylic acids is 2. The lowest BCUT2D eigenvalue weighted by molar-refractivity contribution is -0.117. The predicted molar refractivity (Wildman–Crippen MR) is 106 cm³/mol. The quantitative estimate of drug-likeness (QED) is 0.728. The van der Waals surface area contributed by atoms with Gasteiger partial charge in [-0.15, -0.1) is 12.4 Å². The van der Waals surface area contributed by atoms with E-state index in [0.717, 1.165) is 24.0 Å². The first-order valence-corrected chi connectivity index (χ1v) is 8.55. The maximum Gasteiger partial charge on any atom is 0.251 e. The number of nitrogens with two attached hydrogens (primary N) is 1. The Morgan fingerprint density at radius 2 is 1.85 bits per heavy atom. The van der Waals surface area contributed by atoms with Gasteiger partial charge in [-0.2, -0.15) is 0 Å². The zero-order valence-electron chi connectivity index (χ0n) is 14.7. The fourth-order valence-corrected chi connectivity index (χ4v) is 2.58. The predicted octanol–water partition coefficient (Wildman–Crippen LogP) is 2.82. The van der Waals surface area contributed by atoms with E-state index in [1.165, 1.54) is 0 Å².